The predicted octanol–water partition coefficient (Wildman–Crippen LogP) is 2.30. The van der Waals surface area contributed by atoms with Gasteiger partial charge in [0.05, 0.1) is 0 Å². The van der Waals surface area contributed by atoms with Crippen LogP contribution in [0.15, 0.2) is 65.3 Å². The zero-order chi connectivity index (χ0) is 19.8. The van der Waals surface area contributed by atoms with Crippen LogP contribution in [0.3, 0.4) is 0 Å². The summed E-state index contributed by atoms with van der Waals surface area (Å²) in [5.41, 5.74) is 13.6. The van der Waals surface area contributed by atoms with E-state index in [1.807, 2.05) is 24.3 Å². The van der Waals surface area contributed by atoms with Gasteiger partial charge in [0.25, 0.3) is 0 Å². The second-order valence-corrected chi connectivity index (χ2v) is 7.34. The van der Waals surface area contributed by atoms with Crippen molar-refractivity contribution in [2.24, 2.45) is 11.5 Å². The molecule has 2 rings (SSSR count). The SMILES string of the molecule is CC(=N)/C=C(/NSc1ccc(C(C)C)cc1)N/C(N)=c1\cccc\c1=C\N. The van der Waals surface area contributed by atoms with Gasteiger partial charge in [0.2, 0.25) is 0 Å². The molecule has 0 amide bonds. The summed E-state index contributed by atoms with van der Waals surface area (Å²) in [5, 5.41) is 12.6. The Kier molecular flexibility index (Phi) is 7.37. The molecule has 0 bridgehead atoms. The highest BCUT2D eigenvalue weighted by Crippen LogP contribution is 2.20. The highest BCUT2D eigenvalue weighted by Gasteiger charge is 2.03. The standard InChI is InChI=1S/C21H27N5S/c1-14(2)16-8-10-18(11-9-16)27-26-20(12-15(3)23)25-21(24)19-7-5-4-6-17(19)13-22/h4-14,23,25-26H,22,24H2,1-3H3/b17-13-,20-12+,21-19+,23-15?. The fraction of sp³-hybridized carbons (Fsp3) is 0.190. The molecule has 0 aliphatic rings. The molecule has 27 heavy (non-hydrogen) atoms. The lowest BCUT2D eigenvalue weighted by Crippen LogP contribution is -2.37. The zero-order valence-electron chi connectivity index (χ0n) is 15.9. The molecule has 5 nitrogen and oxygen atoms in total. The van der Waals surface area contributed by atoms with Crippen molar-refractivity contribution in [3.63, 3.8) is 0 Å². The van der Waals surface area contributed by atoms with E-state index < -0.39 is 0 Å². The molecule has 2 aromatic carbocycles. The summed E-state index contributed by atoms with van der Waals surface area (Å²) in [7, 11) is 0. The first-order valence-corrected chi connectivity index (χ1v) is 9.55. The van der Waals surface area contributed by atoms with Crippen molar-refractivity contribution >= 4 is 29.7 Å². The molecule has 0 fully saturated rings. The van der Waals surface area contributed by atoms with Crippen molar-refractivity contribution in [3.8, 4) is 0 Å². The van der Waals surface area contributed by atoms with E-state index in [4.69, 9.17) is 16.9 Å². The molecule has 0 spiro atoms. The van der Waals surface area contributed by atoms with E-state index >= 15 is 0 Å². The smallest absolute Gasteiger partial charge is 0.116 e. The van der Waals surface area contributed by atoms with Crippen LogP contribution in [0, 0.1) is 5.41 Å². The summed E-state index contributed by atoms with van der Waals surface area (Å²) in [6.45, 7) is 6.06. The number of nitrogens with one attached hydrogen (secondary N) is 3. The van der Waals surface area contributed by atoms with Gasteiger partial charge in [0.15, 0.2) is 0 Å². The summed E-state index contributed by atoms with van der Waals surface area (Å²) >= 11 is 1.46. The Morgan fingerprint density at radius 2 is 1.78 bits per heavy atom. The van der Waals surface area contributed by atoms with Crippen LogP contribution in [0.25, 0.3) is 12.0 Å². The van der Waals surface area contributed by atoms with Crippen LogP contribution in [0.2, 0.25) is 0 Å². The average molecular weight is 382 g/mol. The van der Waals surface area contributed by atoms with Crippen LogP contribution in [0.5, 0.6) is 0 Å². The van der Waals surface area contributed by atoms with Crippen LogP contribution in [-0.2, 0) is 0 Å². The van der Waals surface area contributed by atoms with Crippen LogP contribution >= 0.6 is 11.9 Å². The van der Waals surface area contributed by atoms with Crippen molar-refractivity contribution in [2.45, 2.75) is 31.6 Å². The number of hydrogen-bond acceptors (Lipinski definition) is 6. The first-order chi connectivity index (χ1) is 12.9. The Morgan fingerprint density at radius 1 is 1.11 bits per heavy atom. The fourth-order valence-corrected chi connectivity index (χ4v) is 3.05. The molecule has 6 heteroatoms. The Bertz CT molecular complexity index is 930. The topological polar surface area (TPSA) is 100.0 Å². The molecule has 0 heterocycles. The number of hydrogen-bond donors (Lipinski definition) is 5. The maximum Gasteiger partial charge on any atom is 0.116 e. The highest BCUT2D eigenvalue weighted by atomic mass is 32.2. The first kappa shape index (κ1) is 20.5. The summed E-state index contributed by atoms with van der Waals surface area (Å²) in [6.07, 6.45) is 3.21. The average Bonchev–Trinajstić information content (AvgIpc) is 2.65. The van der Waals surface area contributed by atoms with E-state index in [0.717, 1.165) is 15.3 Å². The number of nitrogens with two attached hydrogens (primary N) is 2. The summed E-state index contributed by atoms with van der Waals surface area (Å²) in [4.78, 5) is 1.07. The summed E-state index contributed by atoms with van der Waals surface area (Å²) in [6, 6.07) is 16.0. The molecule has 0 aliphatic carbocycles. The third-order valence-electron chi connectivity index (χ3n) is 3.89. The van der Waals surface area contributed by atoms with Crippen LogP contribution < -0.4 is 31.9 Å². The van der Waals surface area contributed by atoms with Gasteiger partial charge in [0.1, 0.15) is 11.6 Å². The van der Waals surface area contributed by atoms with Gasteiger partial charge in [-0.2, -0.15) is 0 Å². The van der Waals surface area contributed by atoms with Gasteiger partial charge in [-0.25, -0.2) is 0 Å². The van der Waals surface area contributed by atoms with E-state index in [2.05, 4.69) is 48.2 Å². The molecule has 0 aromatic heterocycles. The minimum absolute atomic E-state index is 0.409. The molecule has 0 radical (unpaired) electrons. The normalized spacial score (nSPS) is 13.5. The molecule has 142 valence electrons. The number of benzene rings is 2. The van der Waals surface area contributed by atoms with Crippen LogP contribution in [-0.4, -0.2) is 5.71 Å². The van der Waals surface area contributed by atoms with Crippen molar-refractivity contribution < 1.29 is 0 Å². The summed E-state index contributed by atoms with van der Waals surface area (Å²) < 4.78 is 3.24. The van der Waals surface area contributed by atoms with E-state index in [-0.39, 0.29) is 0 Å². The second kappa shape index (κ2) is 9.73. The lowest BCUT2D eigenvalue weighted by molar-refractivity contribution is 0.864. The number of rotatable bonds is 7. The monoisotopic (exact) mass is 381 g/mol. The minimum Gasteiger partial charge on any atom is -0.404 e. The van der Waals surface area contributed by atoms with Gasteiger partial charge in [-0.3, -0.25) is 0 Å². The van der Waals surface area contributed by atoms with Gasteiger partial charge in [-0.15, -0.1) is 0 Å². The zero-order valence-corrected chi connectivity index (χ0v) is 16.7. The maximum absolute atomic E-state index is 7.77. The molecule has 0 saturated heterocycles. The molecule has 0 aliphatic heterocycles. The second-order valence-electron chi connectivity index (χ2n) is 6.46. The molecule has 7 N–H and O–H groups in total. The van der Waals surface area contributed by atoms with E-state index in [0.29, 0.717) is 23.3 Å². The molecule has 2 aromatic rings. The molecular weight excluding hydrogens is 354 g/mol. The van der Waals surface area contributed by atoms with Crippen molar-refractivity contribution in [1.29, 1.82) is 5.41 Å². The Labute approximate surface area is 164 Å². The van der Waals surface area contributed by atoms with Gasteiger partial charge in [0, 0.05) is 27.2 Å². The number of allylic oxidation sites excluding steroid dienone is 1. The molecular formula is C21H27N5S. The van der Waals surface area contributed by atoms with Crippen molar-refractivity contribution in [1.82, 2.24) is 10.0 Å². The minimum atomic E-state index is 0.409. The van der Waals surface area contributed by atoms with E-state index in [1.54, 1.807) is 13.0 Å². The van der Waals surface area contributed by atoms with Gasteiger partial charge >= 0.3 is 0 Å². The largest absolute Gasteiger partial charge is 0.404 e. The van der Waals surface area contributed by atoms with Crippen LogP contribution in [0.4, 0.5) is 0 Å². The predicted molar refractivity (Wildman–Crippen MR) is 116 cm³/mol. The van der Waals surface area contributed by atoms with Gasteiger partial charge in [-0.1, -0.05) is 50.2 Å². The molecule has 0 saturated carbocycles. The molecule has 0 unspecified atom stereocenters. The third kappa shape index (κ3) is 6.11. The lowest BCUT2D eigenvalue weighted by atomic mass is 10.0. The van der Waals surface area contributed by atoms with Crippen molar-refractivity contribution in [2.75, 3.05) is 0 Å². The fourth-order valence-electron chi connectivity index (χ4n) is 2.44. The van der Waals surface area contributed by atoms with E-state index in [9.17, 15) is 0 Å². The first-order valence-electron chi connectivity index (χ1n) is 8.74. The Hall–Kier alpha value is -2.86. The van der Waals surface area contributed by atoms with Crippen LogP contribution in [0.1, 0.15) is 32.3 Å². The van der Waals surface area contributed by atoms with Gasteiger partial charge in [-0.05, 0) is 48.6 Å². The van der Waals surface area contributed by atoms with E-state index in [1.165, 1.54) is 23.7 Å². The Morgan fingerprint density at radius 3 is 2.37 bits per heavy atom. The maximum atomic E-state index is 7.77. The molecule has 0 atom stereocenters. The Balaban J connectivity index is 2.20. The highest BCUT2D eigenvalue weighted by molar-refractivity contribution is 7.97. The lowest BCUT2D eigenvalue weighted by Gasteiger charge is -2.14. The van der Waals surface area contributed by atoms with Gasteiger partial charge < -0.3 is 26.9 Å². The van der Waals surface area contributed by atoms with Crippen molar-refractivity contribution in [3.05, 3.63) is 76.4 Å². The summed E-state index contributed by atoms with van der Waals surface area (Å²) in [5.74, 6) is 1.59. The third-order valence-corrected chi connectivity index (χ3v) is 4.72. The quantitative estimate of drug-likeness (QED) is 0.374.